The highest BCUT2D eigenvalue weighted by Gasteiger charge is 2.31. The standard InChI is InChI=1S/C16H22N2O3/c1-11-8-14(19)16(21)15(20)9-12(11)10-17-4-6-18(7-5-17)13-2-3-13/h8-9,13H,2-7,10H2,1H3,(H2,19,20,21). The van der Waals surface area contributed by atoms with E-state index in [1.807, 2.05) is 6.92 Å². The van der Waals surface area contributed by atoms with Crippen LogP contribution >= 0.6 is 0 Å². The number of hydrogen-bond acceptors (Lipinski definition) is 5. The molecule has 0 atom stereocenters. The summed E-state index contributed by atoms with van der Waals surface area (Å²) in [4.78, 5) is 16.5. The summed E-state index contributed by atoms with van der Waals surface area (Å²) in [5.41, 5.74) is 1.17. The van der Waals surface area contributed by atoms with Gasteiger partial charge in [-0.05, 0) is 43.0 Å². The van der Waals surface area contributed by atoms with Crippen LogP contribution in [0.3, 0.4) is 0 Å². The lowest BCUT2D eigenvalue weighted by molar-refractivity contribution is 0.121. The molecule has 0 amide bonds. The molecule has 1 heterocycles. The van der Waals surface area contributed by atoms with Gasteiger partial charge in [0.05, 0.1) is 0 Å². The summed E-state index contributed by atoms with van der Waals surface area (Å²) in [6, 6.07) is 3.72. The lowest BCUT2D eigenvalue weighted by Crippen LogP contribution is -2.46. The van der Waals surface area contributed by atoms with Crippen molar-refractivity contribution in [3.8, 4) is 11.5 Å². The Morgan fingerprint density at radius 3 is 2.43 bits per heavy atom. The van der Waals surface area contributed by atoms with E-state index in [9.17, 15) is 15.0 Å². The molecule has 1 saturated carbocycles. The first-order chi connectivity index (χ1) is 10.0. The Kier molecular flexibility index (Phi) is 3.87. The highest BCUT2D eigenvalue weighted by Crippen LogP contribution is 2.28. The van der Waals surface area contributed by atoms with Crippen LogP contribution in [0.2, 0.25) is 0 Å². The molecule has 1 aromatic carbocycles. The molecule has 1 aliphatic carbocycles. The maximum absolute atomic E-state index is 11.6. The van der Waals surface area contributed by atoms with Crippen LogP contribution in [-0.4, -0.2) is 52.2 Å². The maximum atomic E-state index is 11.6. The number of hydrogen-bond donors (Lipinski definition) is 2. The van der Waals surface area contributed by atoms with Gasteiger partial charge in [-0.15, -0.1) is 0 Å². The third kappa shape index (κ3) is 3.19. The third-order valence-electron chi connectivity index (χ3n) is 4.51. The Labute approximate surface area is 124 Å². The fraction of sp³-hybridized carbons (Fsp3) is 0.562. The number of piperazine rings is 1. The minimum Gasteiger partial charge on any atom is -0.504 e. The molecular formula is C16H22N2O3. The van der Waals surface area contributed by atoms with Gasteiger partial charge in [0.1, 0.15) is 0 Å². The minimum absolute atomic E-state index is 0.334. The molecule has 0 aromatic heterocycles. The van der Waals surface area contributed by atoms with Crippen LogP contribution in [0.15, 0.2) is 16.9 Å². The summed E-state index contributed by atoms with van der Waals surface area (Å²) in [6.45, 7) is 6.73. The van der Waals surface area contributed by atoms with Crippen LogP contribution in [0.5, 0.6) is 11.5 Å². The summed E-state index contributed by atoms with van der Waals surface area (Å²) < 4.78 is 0. The van der Waals surface area contributed by atoms with Crippen molar-refractivity contribution in [2.24, 2.45) is 0 Å². The summed E-state index contributed by atoms with van der Waals surface area (Å²) >= 11 is 0. The van der Waals surface area contributed by atoms with Crippen molar-refractivity contribution < 1.29 is 10.2 Å². The van der Waals surface area contributed by atoms with E-state index in [0.29, 0.717) is 6.54 Å². The van der Waals surface area contributed by atoms with E-state index < -0.39 is 11.2 Å². The molecule has 2 aliphatic rings. The predicted octanol–water partition coefficient (Wildman–Crippen LogP) is 1.05. The molecule has 1 saturated heterocycles. The summed E-state index contributed by atoms with van der Waals surface area (Å²) in [6.07, 6.45) is 2.68. The Morgan fingerprint density at radius 1 is 1.14 bits per heavy atom. The largest absolute Gasteiger partial charge is 0.504 e. The van der Waals surface area contributed by atoms with Crippen molar-refractivity contribution in [1.29, 1.82) is 0 Å². The highest BCUT2D eigenvalue weighted by molar-refractivity contribution is 5.41. The van der Waals surface area contributed by atoms with Crippen molar-refractivity contribution in [2.45, 2.75) is 32.4 Å². The second-order valence-electron chi connectivity index (χ2n) is 6.14. The predicted molar refractivity (Wildman–Crippen MR) is 80.7 cm³/mol. The molecule has 114 valence electrons. The van der Waals surface area contributed by atoms with E-state index in [-0.39, 0.29) is 5.75 Å². The van der Waals surface area contributed by atoms with Gasteiger partial charge in [-0.3, -0.25) is 14.6 Å². The van der Waals surface area contributed by atoms with Gasteiger partial charge in [-0.2, -0.15) is 0 Å². The average Bonchev–Trinajstić information content (AvgIpc) is 3.30. The lowest BCUT2D eigenvalue weighted by Gasteiger charge is -2.34. The first-order valence-corrected chi connectivity index (χ1v) is 7.57. The molecular weight excluding hydrogens is 268 g/mol. The molecule has 0 unspecified atom stereocenters. The summed E-state index contributed by atoms with van der Waals surface area (Å²) in [7, 11) is 0. The molecule has 3 rings (SSSR count). The zero-order valence-electron chi connectivity index (χ0n) is 12.4. The zero-order chi connectivity index (χ0) is 15.0. The second-order valence-corrected chi connectivity index (χ2v) is 6.14. The van der Waals surface area contributed by atoms with Gasteiger partial charge in [-0.25, -0.2) is 0 Å². The lowest BCUT2D eigenvalue weighted by atomic mass is 10.1. The van der Waals surface area contributed by atoms with Crippen LogP contribution in [-0.2, 0) is 6.54 Å². The number of rotatable bonds is 3. The number of aromatic hydroxyl groups is 2. The van der Waals surface area contributed by atoms with Gasteiger partial charge >= 0.3 is 0 Å². The minimum atomic E-state index is -0.567. The van der Waals surface area contributed by atoms with E-state index >= 15 is 0 Å². The molecule has 5 heteroatoms. The number of nitrogens with zero attached hydrogens (tertiary/aromatic N) is 2. The third-order valence-corrected chi connectivity index (χ3v) is 4.51. The normalized spacial score (nSPS) is 20.6. The van der Waals surface area contributed by atoms with E-state index in [2.05, 4.69) is 9.80 Å². The molecule has 21 heavy (non-hydrogen) atoms. The van der Waals surface area contributed by atoms with Crippen LogP contribution in [0.25, 0.3) is 0 Å². The molecule has 0 radical (unpaired) electrons. The van der Waals surface area contributed by atoms with Gasteiger partial charge in [0.25, 0.3) is 0 Å². The number of aryl methyl sites for hydroxylation is 1. The smallest absolute Gasteiger partial charge is 0.224 e. The zero-order valence-corrected chi connectivity index (χ0v) is 12.4. The van der Waals surface area contributed by atoms with E-state index in [0.717, 1.165) is 43.3 Å². The average molecular weight is 290 g/mol. The van der Waals surface area contributed by atoms with Crippen molar-refractivity contribution in [3.05, 3.63) is 33.5 Å². The molecule has 2 fully saturated rings. The molecule has 0 bridgehead atoms. The van der Waals surface area contributed by atoms with Gasteiger partial charge < -0.3 is 10.2 Å². The highest BCUT2D eigenvalue weighted by atomic mass is 16.3. The molecule has 5 nitrogen and oxygen atoms in total. The van der Waals surface area contributed by atoms with Crippen LogP contribution < -0.4 is 5.43 Å². The van der Waals surface area contributed by atoms with Crippen molar-refractivity contribution in [3.63, 3.8) is 0 Å². The van der Waals surface area contributed by atoms with Crippen LogP contribution in [0, 0.1) is 6.92 Å². The fourth-order valence-corrected chi connectivity index (χ4v) is 2.97. The van der Waals surface area contributed by atoms with E-state index in [1.165, 1.54) is 25.0 Å². The van der Waals surface area contributed by atoms with Crippen molar-refractivity contribution >= 4 is 0 Å². The quantitative estimate of drug-likeness (QED) is 0.871. The van der Waals surface area contributed by atoms with E-state index in [4.69, 9.17) is 0 Å². The van der Waals surface area contributed by atoms with Gasteiger partial charge in [0.15, 0.2) is 5.75 Å². The monoisotopic (exact) mass is 290 g/mol. The van der Waals surface area contributed by atoms with Gasteiger partial charge in [-0.1, -0.05) is 0 Å². The first kappa shape index (κ1) is 14.4. The maximum Gasteiger partial charge on any atom is 0.224 e. The Morgan fingerprint density at radius 2 is 1.81 bits per heavy atom. The molecule has 0 spiro atoms. The summed E-state index contributed by atoms with van der Waals surface area (Å²) in [5.74, 6) is -0.900. The Bertz CT molecular complexity index is 591. The van der Waals surface area contributed by atoms with Crippen molar-refractivity contribution in [2.75, 3.05) is 26.2 Å². The topological polar surface area (TPSA) is 64.0 Å². The second kappa shape index (κ2) is 5.66. The van der Waals surface area contributed by atoms with Gasteiger partial charge in [0, 0.05) is 38.8 Å². The molecule has 1 aromatic rings. The van der Waals surface area contributed by atoms with Gasteiger partial charge in [0.2, 0.25) is 11.2 Å². The fourth-order valence-electron chi connectivity index (χ4n) is 2.97. The SMILES string of the molecule is Cc1cc(=O)c(O)c(O)cc1CN1CCN(C2CC2)CC1. The Balaban J connectivity index is 1.72. The summed E-state index contributed by atoms with van der Waals surface area (Å²) in [5, 5.41) is 19.3. The van der Waals surface area contributed by atoms with E-state index in [1.54, 1.807) is 0 Å². The molecule has 2 N–H and O–H groups in total. The van der Waals surface area contributed by atoms with Crippen molar-refractivity contribution in [1.82, 2.24) is 9.80 Å². The Hall–Kier alpha value is -1.59. The van der Waals surface area contributed by atoms with Crippen LogP contribution in [0.1, 0.15) is 24.0 Å². The van der Waals surface area contributed by atoms with Crippen LogP contribution in [0.4, 0.5) is 0 Å². The molecule has 1 aliphatic heterocycles. The first-order valence-electron chi connectivity index (χ1n) is 7.57.